The van der Waals surface area contributed by atoms with Gasteiger partial charge in [-0.1, -0.05) is 27.5 Å². The summed E-state index contributed by atoms with van der Waals surface area (Å²) in [6.45, 7) is 1.81. The van der Waals surface area contributed by atoms with Gasteiger partial charge in [-0.3, -0.25) is 4.79 Å². The maximum atomic E-state index is 12.2. The number of nitrogens with one attached hydrogen (secondary N) is 1. The largest absolute Gasteiger partial charge is 0.321 e. The van der Waals surface area contributed by atoms with Gasteiger partial charge in [-0.05, 0) is 48.9 Å². The van der Waals surface area contributed by atoms with E-state index in [1.165, 1.54) is 0 Å². The highest BCUT2D eigenvalue weighted by molar-refractivity contribution is 9.10. The third-order valence-electron chi connectivity index (χ3n) is 2.78. The van der Waals surface area contributed by atoms with E-state index < -0.39 is 0 Å². The zero-order valence-electron chi connectivity index (χ0n) is 10.6. The molecule has 0 aliphatic carbocycles. The highest BCUT2D eigenvalue weighted by Gasteiger charge is 2.12. The molecule has 0 spiro atoms. The standard InChI is InChI=1S/C15H10BrClN2O/c1-9-6-12(17)4-5-13(9)15(20)19-14-7-11(16)3-2-10(14)8-18/h2-7H,1H3,(H,19,20). The van der Waals surface area contributed by atoms with E-state index in [0.29, 0.717) is 21.8 Å². The maximum Gasteiger partial charge on any atom is 0.255 e. The van der Waals surface area contributed by atoms with Gasteiger partial charge in [-0.15, -0.1) is 0 Å². The van der Waals surface area contributed by atoms with Crippen LogP contribution in [0.25, 0.3) is 0 Å². The number of carbonyl (C=O) groups is 1. The summed E-state index contributed by atoms with van der Waals surface area (Å²) in [5, 5.41) is 12.4. The van der Waals surface area contributed by atoms with Crippen molar-refractivity contribution in [2.24, 2.45) is 0 Å². The Bertz CT molecular complexity index is 722. The summed E-state index contributed by atoms with van der Waals surface area (Å²) in [6.07, 6.45) is 0. The Hall–Kier alpha value is -1.83. The van der Waals surface area contributed by atoms with E-state index in [4.69, 9.17) is 16.9 Å². The van der Waals surface area contributed by atoms with Crippen LogP contribution in [0.15, 0.2) is 40.9 Å². The molecule has 100 valence electrons. The van der Waals surface area contributed by atoms with Crippen molar-refractivity contribution in [3.05, 3.63) is 62.6 Å². The van der Waals surface area contributed by atoms with E-state index in [9.17, 15) is 4.79 Å². The van der Waals surface area contributed by atoms with Gasteiger partial charge in [-0.25, -0.2) is 0 Å². The second-order valence-electron chi connectivity index (χ2n) is 4.22. The molecule has 0 aromatic heterocycles. The van der Waals surface area contributed by atoms with Crippen LogP contribution in [0, 0.1) is 18.3 Å². The summed E-state index contributed by atoms with van der Waals surface area (Å²) in [7, 11) is 0. The quantitative estimate of drug-likeness (QED) is 0.865. The predicted molar refractivity (Wildman–Crippen MR) is 83.0 cm³/mol. The monoisotopic (exact) mass is 348 g/mol. The van der Waals surface area contributed by atoms with Crippen LogP contribution in [-0.4, -0.2) is 5.91 Å². The number of carbonyl (C=O) groups excluding carboxylic acids is 1. The molecule has 3 nitrogen and oxygen atoms in total. The average molecular weight is 350 g/mol. The fraction of sp³-hybridized carbons (Fsp3) is 0.0667. The second kappa shape index (κ2) is 6.08. The highest BCUT2D eigenvalue weighted by atomic mass is 79.9. The van der Waals surface area contributed by atoms with Gasteiger partial charge in [0.25, 0.3) is 5.91 Å². The minimum absolute atomic E-state index is 0.270. The molecule has 5 heteroatoms. The Balaban J connectivity index is 2.33. The van der Waals surface area contributed by atoms with E-state index in [1.807, 2.05) is 13.0 Å². The summed E-state index contributed by atoms with van der Waals surface area (Å²) in [4.78, 5) is 12.2. The highest BCUT2D eigenvalue weighted by Crippen LogP contribution is 2.22. The lowest BCUT2D eigenvalue weighted by Gasteiger charge is -2.09. The molecule has 0 aliphatic rings. The third kappa shape index (κ3) is 3.19. The lowest BCUT2D eigenvalue weighted by molar-refractivity contribution is 0.102. The summed E-state index contributed by atoms with van der Waals surface area (Å²) in [6, 6.07) is 12.2. The van der Waals surface area contributed by atoms with Gasteiger partial charge >= 0.3 is 0 Å². The topological polar surface area (TPSA) is 52.9 Å². The van der Waals surface area contributed by atoms with E-state index in [2.05, 4.69) is 21.2 Å². The van der Waals surface area contributed by atoms with Crippen LogP contribution in [0.2, 0.25) is 5.02 Å². The lowest BCUT2D eigenvalue weighted by atomic mass is 10.1. The van der Waals surface area contributed by atoms with Crippen LogP contribution in [0.1, 0.15) is 21.5 Å². The van der Waals surface area contributed by atoms with E-state index in [0.717, 1.165) is 10.0 Å². The number of nitriles is 1. The van der Waals surface area contributed by atoms with Crippen LogP contribution in [0.5, 0.6) is 0 Å². The first-order chi connectivity index (χ1) is 9.51. The van der Waals surface area contributed by atoms with Gasteiger partial charge < -0.3 is 5.32 Å². The summed E-state index contributed by atoms with van der Waals surface area (Å²) in [5.41, 5.74) is 2.19. The summed E-state index contributed by atoms with van der Waals surface area (Å²) >= 11 is 9.19. The van der Waals surface area contributed by atoms with Crippen molar-refractivity contribution in [1.29, 1.82) is 5.26 Å². The van der Waals surface area contributed by atoms with Gasteiger partial charge in [0.2, 0.25) is 0 Å². The van der Waals surface area contributed by atoms with Gasteiger partial charge in [0.05, 0.1) is 11.3 Å². The molecule has 0 aliphatic heterocycles. The predicted octanol–water partition coefficient (Wildman–Crippen LogP) is 4.53. The Kier molecular flexibility index (Phi) is 4.43. The number of hydrogen-bond donors (Lipinski definition) is 1. The smallest absolute Gasteiger partial charge is 0.255 e. The van der Waals surface area contributed by atoms with E-state index in [1.54, 1.807) is 36.4 Å². The third-order valence-corrected chi connectivity index (χ3v) is 3.51. The van der Waals surface area contributed by atoms with Crippen molar-refractivity contribution in [1.82, 2.24) is 0 Å². The molecule has 0 atom stereocenters. The van der Waals surface area contributed by atoms with Crippen molar-refractivity contribution >= 4 is 39.1 Å². The zero-order valence-corrected chi connectivity index (χ0v) is 12.9. The molecule has 0 radical (unpaired) electrons. The molecular weight excluding hydrogens is 340 g/mol. The zero-order chi connectivity index (χ0) is 14.7. The van der Waals surface area contributed by atoms with Gasteiger partial charge in [0.1, 0.15) is 6.07 Å². The van der Waals surface area contributed by atoms with Crippen LogP contribution in [-0.2, 0) is 0 Å². The molecule has 0 saturated heterocycles. The molecule has 0 saturated carbocycles. The first-order valence-corrected chi connectivity index (χ1v) is 6.95. The number of hydrogen-bond acceptors (Lipinski definition) is 2. The van der Waals surface area contributed by atoms with E-state index >= 15 is 0 Å². The normalized spacial score (nSPS) is 9.90. The first kappa shape index (κ1) is 14.6. The number of benzene rings is 2. The fourth-order valence-corrected chi connectivity index (χ4v) is 2.38. The van der Waals surface area contributed by atoms with Gasteiger partial charge in [-0.2, -0.15) is 5.26 Å². The summed E-state index contributed by atoms with van der Waals surface area (Å²) < 4.78 is 0.791. The van der Waals surface area contributed by atoms with Crippen LogP contribution in [0.4, 0.5) is 5.69 Å². The molecular formula is C15H10BrClN2O. The van der Waals surface area contributed by atoms with Crippen LogP contribution < -0.4 is 5.32 Å². The number of aryl methyl sites for hydroxylation is 1. The number of rotatable bonds is 2. The number of halogens is 2. The van der Waals surface area contributed by atoms with Crippen molar-refractivity contribution < 1.29 is 4.79 Å². The average Bonchev–Trinajstić information content (AvgIpc) is 2.38. The van der Waals surface area contributed by atoms with Crippen molar-refractivity contribution in [3.63, 3.8) is 0 Å². The van der Waals surface area contributed by atoms with Crippen LogP contribution >= 0.6 is 27.5 Å². The fourth-order valence-electron chi connectivity index (χ4n) is 1.79. The van der Waals surface area contributed by atoms with Crippen LogP contribution in [0.3, 0.4) is 0 Å². The van der Waals surface area contributed by atoms with Gasteiger partial charge in [0.15, 0.2) is 0 Å². The molecule has 2 rings (SSSR count). The lowest BCUT2D eigenvalue weighted by Crippen LogP contribution is -2.14. The maximum absolute atomic E-state index is 12.2. The number of anilines is 1. The molecule has 2 aromatic rings. The number of amides is 1. The molecule has 0 fully saturated rings. The molecule has 0 bridgehead atoms. The Morgan fingerprint density at radius 1 is 1.30 bits per heavy atom. The van der Waals surface area contributed by atoms with Crippen molar-refractivity contribution in [2.75, 3.05) is 5.32 Å². The van der Waals surface area contributed by atoms with Crippen molar-refractivity contribution in [2.45, 2.75) is 6.92 Å². The minimum atomic E-state index is -0.270. The van der Waals surface area contributed by atoms with Crippen molar-refractivity contribution in [3.8, 4) is 6.07 Å². The molecule has 20 heavy (non-hydrogen) atoms. The SMILES string of the molecule is Cc1cc(Cl)ccc1C(=O)Nc1cc(Br)ccc1C#N. The molecule has 0 unspecified atom stereocenters. The summed E-state index contributed by atoms with van der Waals surface area (Å²) in [5.74, 6) is -0.270. The molecule has 2 aromatic carbocycles. The first-order valence-electron chi connectivity index (χ1n) is 5.78. The van der Waals surface area contributed by atoms with E-state index in [-0.39, 0.29) is 5.91 Å². The molecule has 1 amide bonds. The Morgan fingerprint density at radius 2 is 2.05 bits per heavy atom. The number of nitrogens with zero attached hydrogens (tertiary/aromatic N) is 1. The molecule has 0 heterocycles. The Labute approximate surface area is 130 Å². The second-order valence-corrected chi connectivity index (χ2v) is 5.57. The Morgan fingerprint density at radius 3 is 2.70 bits per heavy atom. The molecule has 1 N–H and O–H groups in total. The van der Waals surface area contributed by atoms with Gasteiger partial charge in [0, 0.05) is 15.1 Å². The minimum Gasteiger partial charge on any atom is -0.321 e.